The van der Waals surface area contributed by atoms with Crippen LogP contribution in [0.4, 0.5) is 5.69 Å². The van der Waals surface area contributed by atoms with E-state index in [2.05, 4.69) is 5.32 Å². The molecule has 0 bridgehead atoms. The highest BCUT2D eigenvalue weighted by Gasteiger charge is 2.70. The van der Waals surface area contributed by atoms with Crippen LogP contribution >= 0.6 is 0 Å². The molecule has 1 saturated heterocycles. The summed E-state index contributed by atoms with van der Waals surface area (Å²) in [5.74, 6) is -1.08. The number of para-hydroxylation sites is 2. The summed E-state index contributed by atoms with van der Waals surface area (Å²) < 4.78 is 11.0. The molecule has 0 aromatic heterocycles. The van der Waals surface area contributed by atoms with Crippen molar-refractivity contribution in [2.24, 2.45) is 5.92 Å². The lowest BCUT2D eigenvalue weighted by molar-refractivity contribution is -0.122. The largest absolute Gasteiger partial charge is 0.497 e. The van der Waals surface area contributed by atoms with Gasteiger partial charge in [-0.1, -0.05) is 66.7 Å². The summed E-state index contributed by atoms with van der Waals surface area (Å²) in [5, 5.41) is 3.07. The number of Topliss-reactive ketones (excluding diaryl/α,β-unsaturated/α-hetero) is 2. The number of hydrogen-bond donors (Lipinski definition) is 1. The second-order valence-corrected chi connectivity index (χ2v) is 10.7. The lowest BCUT2D eigenvalue weighted by atomic mass is 9.62. The van der Waals surface area contributed by atoms with Crippen molar-refractivity contribution in [3.05, 3.63) is 131 Å². The van der Waals surface area contributed by atoms with Crippen LogP contribution in [0.5, 0.6) is 11.5 Å². The molecule has 1 N–H and O–H groups in total. The Bertz CT molecular complexity index is 1800. The van der Waals surface area contributed by atoms with Gasteiger partial charge in [0.15, 0.2) is 11.6 Å². The molecular weight excluding hydrogens is 528 g/mol. The third-order valence-corrected chi connectivity index (χ3v) is 8.85. The molecule has 3 aliphatic heterocycles. The van der Waals surface area contributed by atoms with Gasteiger partial charge in [0.1, 0.15) is 23.0 Å². The Labute approximate surface area is 243 Å². The Kier molecular flexibility index (Phi) is 5.97. The normalized spacial score (nSPS) is 23.1. The van der Waals surface area contributed by atoms with E-state index in [0.717, 1.165) is 11.1 Å². The van der Waals surface area contributed by atoms with Crippen LogP contribution in [-0.2, 0) is 10.2 Å². The first-order chi connectivity index (χ1) is 20.5. The fourth-order valence-electron chi connectivity index (χ4n) is 7.13. The summed E-state index contributed by atoms with van der Waals surface area (Å²) in [5.41, 5.74) is 2.47. The number of rotatable bonds is 6. The first-order valence-electron chi connectivity index (χ1n) is 13.8. The number of ether oxygens (including phenoxy) is 2. The van der Waals surface area contributed by atoms with E-state index in [1.54, 1.807) is 55.6 Å². The first kappa shape index (κ1) is 25.8. The van der Waals surface area contributed by atoms with E-state index < -0.39 is 23.4 Å². The Morgan fingerprint density at radius 3 is 2.43 bits per heavy atom. The van der Waals surface area contributed by atoms with Gasteiger partial charge in [-0.25, -0.2) is 0 Å². The van der Waals surface area contributed by atoms with E-state index in [9.17, 15) is 14.4 Å². The quantitative estimate of drug-likeness (QED) is 0.308. The number of ketones is 2. The molecule has 3 heterocycles. The molecule has 208 valence electrons. The van der Waals surface area contributed by atoms with E-state index in [0.29, 0.717) is 33.9 Å². The van der Waals surface area contributed by atoms with Crippen LogP contribution < -0.4 is 14.8 Å². The number of benzene rings is 4. The smallest absolute Gasteiger partial charge is 0.238 e. The monoisotopic (exact) mass is 556 g/mol. The van der Waals surface area contributed by atoms with Gasteiger partial charge in [0.2, 0.25) is 5.91 Å². The molecule has 1 fully saturated rings. The van der Waals surface area contributed by atoms with Gasteiger partial charge in [-0.2, -0.15) is 0 Å². The van der Waals surface area contributed by atoms with Gasteiger partial charge < -0.3 is 19.7 Å². The standard InChI is InChI=1S/C35H28N2O5/c1-41-23-12-9-11-22(20-23)31(38)30-29(32(39)25-14-5-8-17-28(25)42-2)35(26-15-6-7-16-27(26)36-34(35)40)33-24-13-4-3-10-21(24)18-19-37(30)33/h3-20,29-30,33H,1-2H3,(H,36,40)/t29-,30+,33+,35+/m1/s1. The molecule has 3 aliphatic rings. The van der Waals surface area contributed by atoms with Crippen LogP contribution in [0.1, 0.15) is 43.4 Å². The number of hydrogen-bond acceptors (Lipinski definition) is 6. The number of fused-ring (bicyclic) bond motifs is 6. The van der Waals surface area contributed by atoms with E-state index in [1.165, 1.54) is 7.11 Å². The second-order valence-electron chi connectivity index (χ2n) is 10.7. The summed E-state index contributed by atoms with van der Waals surface area (Å²) in [4.78, 5) is 46.1. The predicted octanol–water partition coefficient (Wildman–Crippen LogP) is 5.69. The average Bonchev–Trinajstić information content (AvgIpc) is 3.52. The number of nitrogens with one attached hydrogen (secondary N) is 1. The van der Waals surface area contributed by atoms with Gasteiger partial charge in [0, 0.05) is 17.5 Å². The fraction of sp³-hybridized carbons (Fsp3) is 0.171. The summed E-state index contributed by atoms with van der Waals surface area (Å²) in [7, 11) is 3.05. The highest BCUT2D eigenvalue weighted by Crippen LogP contribution is 2.62. The van der Waals surface area contributed by atoms with Crippen molar-refractivity contribution in [1.29, 1.82) is 0 Å². The van der Waals surface area contributed by atoms with Crippen LogP contribution in [0.15, 0.2) is 103 Å². The Morgan fingerprint density at radius 2 is 1.60 bits per heavy atom. The van der Waals surface area contributed by atoms with E-state index in [4.69, 9.17) is 9.47 Å². The maximum Gasteiger partial charge on any atom is 0.238 e. The van der Waals surface area contributed by atoms with Gasteiger partial charge in [0.25, 0.3) is 0 Å². The van der Waals surface area contributed by atoms with Crippen LogP contribution in [0.3, 0.4) is 0 Å². The van der Waals surface area contributed by atoms with Crippen molar-refractivity contribution in [3.8, 4) is 11.5 Å². The first-order valence-corrected chi connectivity index (χ1v) is 13.8. The summed E-state index contributed by atoms with van der Waals surface area (Å²) in [6.45, 7) is 0. The van der Waals surface area contributed by atoms with Gasteiger partial charge in [-0.05, 0) is 53.1 Å². The number of anilines is 1. The Hall–Kier alpha value is -5.17. The topological polar surface area (TPSA) is 84.9 Å². The Morgan fingerprint density at radius 1 is 0.833 bits per heavy atom. The number of methoxy groups -OCH3 is 2. The van der Waals surface area contributed by atoms with Crippen molar-refractivity contribution in [1.82, 2.24) is 4.90 Å². The molecule has 7 nitrogen and oxygen atoms in total. The van der Waals surface area contributed by atoms with Crippen LogP contribution in [0.2, 0.25) is 0 Å². The van der Waals surface area contributed by atoms with Crippen molar-refractivity contribution in [3.63, 3.8) is 0 Å². The molecule has 0 unspecified atom stereocenters. The van der Waals surface area contributed by atoms with Crippen LogP contribution in [-0.4, -0.2) is 42.6 Å². The molecule has 0 aliphatic carbocycles. The fourth-order valence-corrected chi connectivity index (χ4v) is 7.13. The van der Waals surface area contributed by atoms with Crippen LogP contribution in [0.25, 0.3) is 6.08 Å². The number of carbonyl (C=O) groups is 3. The van der Waals surface area contributed by atoms with Crippen molar-refractivity contribution in [2.45, 2.75) is 17.5 Å². The second kappa shape index (κ2) is 9.73. The van der Waals surface area contributed by atoms with E-state index in [-0.39, 0.29) is 17.5 Å². The molecule has 4 aromatic rings. The molecule has 4 aromatic carbocycles. The predicted molar refractivity (Wildman–Crippen MR) is 159 cm³/mol. The molecule has 1 spiro atoms. The number of nitrogens with zero attached hydrogens (tertiary/aromatic N) is 1. The zero-order valence-corrected chi connectivity index (χ0v) is 23.1. The minimum absolute atomic E-state index is 0.273. The Balaban J connectivity index is 1.54. The summed E-state index contributed by atoms with van der Waals surface area (Å²) in [6, 6.07) is 27.6. The lowest BCUT2D eigenvalue weighted by Gasteiger charge is -2.38. The maximum atomic E-state index is 15.0. The lowest BCUT2D eigenvalue weighted by Crippen LogP contribution is -2.49. The van der Waals surface area contributed by atoms with Gasteiger partial charge >= 0.3 is 0 Å². The zero-order chi connectivity index (χ0) is 29.0. The van der Waals surface area contributed by atoms with Crippen molar-refractivity contribution < 1.29 is 23.9 Å². The molecule has 7 rings (SSSR count). The molecule has 0 radical (unpaired) electrons. The number of carbonyl (C=O) groups excluding carboxylic acids is 3. The van der Waals surface area contributed by atoms with Gasteiger partial charge in [-0.15, -0.1) is 0 Å². The summed E-state index contributed by atoms with van der Waals surface area (Å²) in [6.07, 6.45) is 3.81. The van der Waals surface area contributed by atoms with E-state index >= 15 is 0 Å². The number of amides is 1. The highest BCUT2D eigenvalue weighted by atomic mass is 16.5. The zero-order valence-electron chi connectivity index (χ0n) is 23.1. The molecule has 42 heavy (non-hydrogen) atoms. The summed E-state index contributed by atoms with van der Waals surface area (Å²) >= 11 is 0. The average molecular weight is 557 g/mol. The maximum absolute atomic E-state index is 15.0. The molecule has 0 saturated carbocycles. The molecule has 7 heteroatoms. The van der Waals surface area contributed by atoms with Crippen LogP contribution in [0, 0.1) is 5.92 Å². The highest BCUT2D eigenvalue weighted by molar-refractivity contribution is 6.17. The van der Waals surface area contributed by atoms with Crippen molar-refractivity contribution >= 4 is 29.2 Å². The molecular formula is C35H28N2O5. The third-order valence-electron chi connectivity index (χ3n) is 8.85. The minimum Gasteiger partial charge on any atom is -0.497 e. The van der Waals surface area contributed by atoms with Gasteiger partial charge in [0.05, 0.1) is 31.7 Å². The minimum atomic E-state index is -1.41. The SMILES string of the molecule is COc1cccc(C(=O)[C@@H]2[C@H](C(=O)c3ccccc3OC)[C@]3(C(=O)Nc4ccccc43)[C@@H]3c4ccccc4C=CN23)c1. The van der Waals surface area contributed by atoms with E-state index in [1.807, 2.05) is 65.7 Å². The van der Waals surface area contributed by atoms with Gasteiger partial charge in [-0.3, -0.25) is 14.4 Å². The molecule has 1 amide bonds. The third kappa shape index (κ3) is 3.49. The van der Waals surface area contributed by atoms with Crippen molar-refractivity contribution in [2.75, 3.05) is 19.5 Å². The molecule has 4 atom stereocenters.